The van der Waals surface area contributed by atoms with Crippen LogP contribution in [0.1, 0.15) is 22.3 Å². The van der Waals surface area contributed by atoms with Crippen molar-refractivity contribution in [1.29, 1.82) is 0 Å². The number of anilines is 1. The predicted octanol–water partition coefficient (Wildman–Crippen LogP) is 3.65. The van der Waals surface area contributed by atoms with Crippen molar-refractivity contribution in [2.24, 2.45) is 0 Å². The number of carbonyl (C=O) groups excluding carboxylic acids is 1. The molecule has 0 fully saturated rings. The molecular weight excluding hydrogens is 472 g/mol. The van der Waals surface area contributed by atoms with Crippen molar-refractivity contribution >= 4 is 21.6 Å². The van der Waals surface area contributed by atoms with Crippen LogP contribution in [-0.4, -0.2) is 46.3 Å². The van der Waals surface area contributed by atoms with Crippen molar-refractivity contribution in [2.45, 2.75) is 17.9 Å². The minimum absolute atomic E-state index is 0.0605. The van der Waals surface area contributed by atoms with Crippen LogP contribution in [0.15, 0.2) is 65.6 Å². The van der Waals surface area contributed by atoms with Crippen LogP contribution in [-0.2, 0) is 16.6 Å². The van der Waals surface area contributed by atoms with Gasteiger partial charge in [-0.1, -0.05) is 6.07 Å². The number of hydrogen-bond acceptors (Lipinski definition) is 7. The molecule has 2 heterocycles. The zero-order chi connectivity index (χ0) is 24.4. The van der Waals surface area contributed by atoms with E-state index in [-0.39, 0.29) is 17.6 Å². The second-order valence-corrected chi connectivity index (χ2v) is 9.87. The summed E-state index contributed by atoms with van der Waals surface area (Å²) in [7, 11) is -2.15. The van der Waals surface area contributed by atoms with E-state index in [1.54, 1.807) is 42.3 Å². The summed E-state index contributed by atoms with van der Waals surface area (Å²) in [5, 5.41) is 0. The van der Waals surface area contributed by atoms with Crippen LogP contribution in [0, 0.1) is 0 Å². The molecule has 0 atom stereocenters. The van der Waals surface area contributed by atoms with E-state index in [9.17, 15) is 13.2 Å². The summed E-state index contributed by atoms with van der Waals surface area (Å²) in [5.41, 5.74) is 1.68. The molecule has 0 saturated carbocycles. The van der Waals surface area contributed by atoms with Gasteiger partial charge in [0.05, 0.1) is 18.1 Å². The Morgan fingerprint density at radius 1 is 0.857 bits per heavy atom. The maximum Gasteiger partial charge on any atom is 0.262 e. The highest BCUT2D eigenvalue weighted by molar-refractivity contribution is 7.92. The lowest BCUT2D eigenvalue weighted by molar-refractivity contribution is 0.0785. The fraction of sp³-hybridized carbons (Fsp3) is 0.240. The molecule has 3 aromatic carbocycles. The highest BCUT2D eigenvalue weighted by Crippen LogP contribution is 2.33. The topological polar surface area (TPSA) is 103 Å². The molecule has 1 N–H and O–H groups in total. The quantitative estimate of drug-likeness (QED) is 0.556. The average molecular weight is 497 g/mol. The predicted molar refractivity (Wildman–Crippen MR) is 128 cm³/mol. The Balaban J connectivity index is 1.25. The number of nitrogens with zero attached hydrogens (tertiary/aromatic N) is 1. The van der Waals surface area contributed by atoms with Crippen molar-refractivity contribution < 1.29 is 32.2 Å². The van der Waals surface area contributed by atoms with E-state index in [0.29, 0.717) is 54.0 Å². The summed E-state index contributed by atoms with van der Waals surface area (Å²) in [6.45, 7) is 1.56. The largest absolute Gasteiger partial charge is 0.490 e. The molecule has 0 aromatic heterocycles. The van der Waals surface area contributed by atoms with Crippen LogP contribution in [0.4, 0.5) is 5.69 Å². The van der Waals surface area contributed by atoms with Gasteiger partial charge >= 0.3 is 0 Å². The minimum atomic E-state index is -3.86. The molecular formula is C25H24N2O7S. The van der Waals surface area contributed by atoms with Crippen LogP contribution in [0.2, 0.25) is 0 Å². The highest BCUT2D eigenvalue weighted by atomic mass is 32.2. The van der Waals surface area contributed by atoms with E-state index >= 15 is 0 Å². The zero-order valence-electron chi connectivity index (χ0n) is 19.0. The molecule has 10 heteroatoms. The highest BCUT2D eigenvalue weighted by Gasteiger charge is 2.20. The Morgan fingerprint density at radius 2 is 1.51 bits per heavy atom. The summed E-state index contributed by atoms with van der Waals surface area (Å²) in [5.74, 6) is 2.08. The summed E-state index contributed by atoms with van der Waals surface area (Å²) in [4.78, 5) is 14.5. The number of ether oxygens (including phenoxy) is 4. The molecule has 9 nitrogen and oxygen atoms in total. The molecule has 0 spiro atoms. The Bertz CT molecular complexity index is 1360. The molecule has 0 radical (unpaired) electrons. The normalized spacial score (nSPS) is 14.2. The third-order valence-corrected chi connectivity index (χ3v) is 7.00. The minimum Gasteiger partial charge on any atom is -0.490 e. The first-order valence-corrected chi connectivity index (χ1v) is 12.5. The van der Waals surface area contributed by atoms with Crippen LogP contribution < -0.4 is 23.7 Å². The van der Waals surface area contributed by atoms with Crippen LogP contribution in [0.25, 0.3) is 0 Å². The molecule has 0 unspecified atom stereocenters. The fourth-order valence-corrected chi connectivity index (χ4v) is 4.88. The number of benzene rings is 3. The second-order valence-electron chi connectivity index (χ2n) is 8.19. The lowest BCUT2D eigenvalue weighted by Gasteiger charge is -2.18. The van der Waals surface area contributed by atoms with Crippen molar-refractivity contribution in [1.82, 2.24) is 4.90 Å². The number of sulfonamides is 1. The summed E-state index contributed by atoms with van der Waals surface area (Å²) in [6, 6.07) is 16.4. The molecule has 5 rings (SSSR count). The fourth-order valence-electron chi connectivity index (χ4n) is 3.81. The van der Waals surface area contributed by atoms with Gasteiger partial charge < -0.3 is 23.8 Å². The maximum absolute atomic E-state index is 12.9. The van der Waals surface area contributed by atoms with Gasteiger partial charge in [-0.2, -0.15) is 0 Å². The van der Waals surface area contributed by atoms with Crippen LogP contribution in [0.5, 0.6) is 23.0 Å². The van der Waals surface area contributed by atoms with E-state index in [2.05, 4.69) is 4.72 Å². The van der Waals surface area contributed by atoms with Gasteiger partial charge in [-0.15, -0.1) is 0 Å². The molecule has 0 aliphatic carbocycles. The lowest BCUT2D eigenvalue weighted by atomic mass is 10.1. The molecule has 2 aliphatic rings. The van der Waals surface area contributed by atoms with Crippen molar-refractivity contribution in [3.63, 3.8) is 0 Å². The standard InChI is InChI=1S/C25H24N2O7S/c1-27(15-17-3-9-22-23(13-17)34-16-33-22)25(28)18-4-6-19(7-5-18)26-35(29,30)20-8-10-21-24(14-20)32-12-2-11-31-21/h3-10,13-14,26H,2,11-12,15-16H2,1H3. The second kappa shape index (κ2) is 9.38. The van der Waals surface area contributed by atoms with Gasteiger partial charge in [-0.3, -0.25) is 9.52 Å². The van der Waals surface area contributed by atoms with Gasteiger partial charge in [0.2, 0.25) is 6.79 Å². The van der Waals surface area contributed by atoms with E-state index < -0.39 is 10.0 Å². The number of hydrogen-bond donors (Lipinski definition) is 1. The lowest BCUT2D eigenvalue weighted by Crippen LogP contribution is -2.26. The smallest absolute Gasteiger partial charge is 0.262 e. The Kier molecular flexibility index (Phi) is 6.12. The van der Waals surface area contributed by atoms with Crippen LogP contribution >= 0.6 is 0 Å². The van der Waals surface area contributed by atoms with Gasteiger partial charge in [-0.05, 0) is 54.1 Å². The first-order valence-electron chi connectivity index (χ1n) is 11.1. The van der Waals surface area contributed by atoms with Gasteiger partial charge in [0, 0.05) is 37.3 Å². The SMILES string of the molecule is CN(Cc1ccc2c(c1)OCO2)C(=O)c1ccc(NS(=O)(=O)c2ccc3c(c2)OCCCO3)cc1. The third kappa shape index (κ3) is 4.97. The Morgan fingerprint density at radius 3 is 2.31 bits per heavy atom. The molecule has 35 heavy (non-hydrogen) atoms. The third-order valence-electron chi connectivity index (χ3n) is 5.62. The summed E-state index contributed by atoms with van der Waals surface area (Å²) in [6.07, 6.45) is 0.728. The van der Waals surface area contributed by atoms with Gasteiger partial charge in [0.15, 0.2) is 23.0 Å². The van der Waals surface area contributed by atoms with Gasteiger partial charge in [0.1, 0.15) is 0 Å². The monoisotopic (exact) mass is 496 g/mol. The van der Waals surface area contributed by atoms with Crippen molar-refractivity contribution in [2.75, 3.05) is 31.8 Å². The first-order chi connectivity index (χ1) is 16.9. The zero-order valence-corrected chi connectivity index (χ0v) is 19.8. The molecule has 0 bridgehead atoms. The Labute approximate surface area is 203 Å². The Hall–Kier alpha value is -3.92. The molecule has 3 aromatic rings. The van der Waals surface area contributed by atoms with Crippen molar-refractivity contribution in [3.05, 3.63) is 71.8 Å². The molecule has 1 amide bonds. The number of carbonyl (C=O) groups is 1. The van der Waals surface area contributed by atoms with E-state index in [1.807, 2.05) is 18.2 Å². The molecule has 0 saturated heterocycles. The number of amides is 1. The van der Waals surface area contributed by atoms with Gasteiger partial charge in [-0.25, -0.2) is 8.42 Å². The molecule has 182 valence electrons. The van der Waals surface area contributed by atoms with Crippen LogP contribution in [0.3, 0.4) is 0 Å². The number of rotatable bonds is 6. The van der Waals surface area contributed by atoms with E-state index in [4.69, 9.17) is 18.9 Å². The van der Waals surface area contributed by atoms with Crippen molar-refractivity contribution in [3.8, 4) is 23.0 Å². The maximum atomic E-state index is 12.9. The summed E-state index contributed by atoms with van der Waals surface area (Å²) >= 11 is 0. The number of nitrogens with one attached hydrogen (secondary N) is 1. The first kappa shape index (κ1) is 22.9. The number of fused-ring (bicyclic) bond motifs is 2. The molecule has 2 aliphatic heterocycles. The van der Waals surface area contributed by atoms with E-state index in [1.165, 1.54) is 12.1 Å². The van der Waals surface area contributed by atoms with E-state index in [0.717, 1.165) is 12.0 Å². The average Bonchev–Trinajstić information content (AvgIpc) is 3.19. The summed E-state index contributed by atoms with van der Waals surface area (Å²) < 4.78 is 50.2. The van der Waals surface area contributed by atoms with Gasteiger partial charge in [0.25, 0.3) is 15.9 Å².